The van der Waals surface area contributed by atoms with Gasteiger partial charge in [-0.3, -0.25) is 9.48 Å². The Labute approximate surface area is 114 Å². The van der Waals surface area contributed by atoms with Crippen LogP contribution in [0.15, 0.2) is 35.1 Å². The normalized spacial score (nSPS) is 10.4. The molecule has 0 radical (unpaired) electrons. The number of nitrogens with zero attached hydrogens (tertiary/aromatic N) is 3. The number of rotatable bonds is 2. The minimum Gasteiger partial charge on any atom is -0.308 e. The molecule has 0 aliphatic heterocycles. The summed E-state index contributed by atoms with van der Waals surface area (Å²) in [7, 11) is 3.56. The van der Waals surface area contributed by atoms with Crippen LogP contribution in [0.5, 0.6) is 0 Å². The first-order chi connectivity index (χ1) is 8.49. The number of amides is 1. The Bertz CT molecular complexity index is 592. The van der Waals surface area contributed by atoms with E-state index in [0.717, 1.165) is 15.7 Å². The van der Waals surface area contributed by atoms with Gasteiger partial charge in [-0.25, -0.2) is 0 Å². The van der Waals surface area contributed by atoms with E-state index in [2.05, 4.69) is 21.0 Å². The van der Waals surface area contributed by atoms with Crippen LogP contribution in [0.25, 0.3) is 0 Å². The van der Waals surface area contributed by atoms with Crippen LogP contribution in [0.1, 0.15) is 15.9 Å². The summed E-state index contributed by atoms with van der Waals surface area (Å²) in [6.45, 7) is 1.99. The summed E-state index contributed by atoms with van der Waals surface area (Å²) in [6, 6.07) is 5.69. The van der Waals surface area contributed by atoms with Gasteiger partial charge in [-0.15, -0.1) is 0 Å². The predicted molar refractivity (Wildman–Crippen MR) is 74.8 cm³/mol. The topological polar surface area (TPSA) is 38.1 Å². The Morgan fingerprint density at radius 1 is 1.44 bits per heavy atom. The van der Waals surface area contributed by atoms with Crippen molar-refractivity contribution in [2.24, 2.45) is 7.05 Å². The van der Waals surface area contributed by atoms with Crippen molar-refractivity contribution >= 4 is 27.5 Å². The summed E-state index contributed by atoms with van der Waals surface area (Å²) in [4.78, 5) is 13.9. The van der Waals surface area contributed by atoms with Crippen LogP contribution in [0.4, 0.5) is 5.69 Å². The Balaban J connectivity index is 2.31. The second-order valence-corrected chi connectivity index (χ2v) is 5.07. The molecule has 0 N–H and O–H groups in total. The molecule has 0 atom stereocenters. The van der Waals surface area contributed by atoms with Crippen molar-refractivity contribution in [2.75, 3.05) is 11.9 Å². The summed E-state index contributed by atoms with van der Waals surface area (Å²) in [6.07, 6.45) is 3.47. The molecular formula is C13H14BrN3O. The van der Waals surface area contributed by atoms with E-state index < -0.39 is 0 Å². The summed E-state index contributed by atoms with van der Waals surface area (Å²) in [5, 5.41) is 4.06. The van der Waals surface area contributed by atoms with Crippen molar-refractivity contribution in [2.45, 2.75) is 6.92 Å². The average molecular weight is 308 g/mol. The van der Waals surface area contributed by atoms with Crippen molar-refractivity contribution in [3.05, 3.63) is 46.2 Å². The zero-order valence-corrected chi connectivity index (χ0v) is 12.1. The van der Waals surface area contributed by atoms with Gasteiger partial charge in [0.15, 0.2) is 0 Å². The highest BCUT2D eigenvalue weighted by molar-refractivity contribution is 9.10. The highest BCUT2D eigenvalue weighted by atomic mass is 79.9. The predicted octanol–water partition coefficient (Wildman–Crippen LogP) is 2.77. The first-order valence-corrected chi connectivity index (χ1v) is 6.31. The number of hydrogen-bond acceptors (Lipinski definition) is 2. The summed E-state index contributed by atoms with van der Waals surface area (Å²) in [5.41, 5.74) is 2.53. The van der Waals surface area contributed by atoms with Crippen molar-refractivity contribution in [1.82, 2.24) is 9.78 Å². The fourth-order valence-corrected chi connectivity index (χ4v) is 2.34. The van der Waals surface area contributed by atoms with Crippen LogP contribution in [0.3, 0.4) is 0 Å². The number of aryl methyl sites for hydroxylation is 2. The molecule has 1 aromatic heterocycles. The molecule has 1 aromatic carbocycles. The fraction of sp³-hybridized carbons (Fsp3) is 0.231. The molecule has 0 saturated heterocycles. The van der Waals surface area contributed by atoms with Gasteiger partial charge in [-0.2, -0.15) is 5.10 Å². The molecule has 18 heavy (non-hydrogen) atoms. The zero-order valence-electron chi connectivity index (χ0n) is 10.5. The van der Waals surface area contributed by atoms with Gasteiger partial charge in [-0.05, 0) is 40.5 Å². The number of hydrogen-bond donors (Lipinski definition) is 0. The van der Waals surface area contributed by atoms with Crippen LogP contribution in [0, 0.1) is 6.92 Å². The number of carbonyl (C=O) groups is 1. The van der Waals surface area contributed by atoms with Crippen molar-refractivity contribution in [1.29, 1.82) is 0 Å². The van der Waals surface area contributed by atoms with E-state index in [4.69, 9.17) is 0 Å². The third-order valence-corrected chi connectivity index (χ3v) is 3.39. The minimum absolute atomic E-state index is 0.0603. The molecule has 4 nitrogen and oxygen atoms in total. The lowest BCUT2D eigenvalue weighted by Gasteiger charge is -2.16. The maximum Gasteiger partial charge on any atom is 0.259 e. The van der Waals surface area contributed by atoms with Gasteiger partial charge < -0.3 is 4.90 Å². The smallest absolute Gasteiger partial charge is 0.259 e. The molecule has 1 amide bonds. The largest absolute Gasteiger partial charge is 0.308 e. The van der Waals surface area contributed by atoms with Crippen molar-refractivity contribution in [3.63, 3.8) is 0 Å². The van der Waals surface area contributed by atoms with E-state index in [1.165, 1.54) is 0 Å². The number of benzene rings is 1. The highest BCUT2D eigenvalue weighted by Gasteiger charge is 2.17. The standard InChI is InChI=1S/C13H14BrN3O/c1-9-4-5-11(12(14)6-9)13(18)17(3)10-7-15-16(2)8-10/h4-8H,1-3H3. The first kappa shape index (κ1) is 12.8. The number of anilines is 1. The lowest BCUT2D eigenvalue weighted by molar-refractivity contribution is 0.0992. The highest BCUT2D eigenvalue weighted by Crippen LogP contribution is 2.22. The summed E-state index contributed by atoms with van der Waals surface area (Å²) >= 11 is 3.43. The number of aromatic nitrogens is 2. The van der Waals surface area contributed by atoms with E-state index in [1.807, 2.05) is 32.2 Å². The molecular weight excluding hydrogens is 294 g/mol. The SMILES string of the molecule is Cc1ccc(C(=O)N(C)c2cnn(C)c2)c(Br)c1. The van der Waals surface area contributed by atoms with E-state index in [-0.39, 0.29) is 5.91 Å². The average Bonchev–Trinajstić information content (AvgIpc) is 2.74. The molecule has 0 aliphatic carbocycles. The molecule has 2 aromatic rings. The minimum atomic E-state index is -0.0603. The van der Waals surface area contributed by atoms with E-state index in [0.29, 0.717) is 5.56 Å². The Kier molecular flexibility index (Phi) is 3.52. The molecule has 0 fully saturated rings. The molecule has 2 rings (SSSR count). The van der Waals surface area contributed by atoms with E-state index in [9.17, 15) is 4.79 Å². The lowest BCUT2D eigenvalue weighted by Crippen LogP contribution is -2.26. The third kappa shape index (κ3) is 2.46. The van der Waals surface area contributed by atoms with Gasteiger partial charge >= 0.3 is 0 Å². The second kappa shape index (κ2) is 4.94. The monoisotopic (exact) mass is 307 g/mol. The molecule has 5 heteroatoms. The third-order valence-electron chi connectivity index (χ3n) is 2.74. The van der Waals surface area contributed by atoms with Gasteiger partial charge in [-0.1, -0.05) is 6.07 Å². The van der Waals surface area contributed by atoms with Gasteiger partial charge in [0.25, 0.3) is 5.91 Å². The van der Waals surface area contributed by atoms with E-state index in [1.54, 1.807) is 29.0 Å². The molecule has 0 bridgehead atoms. The molecule has 0 unspecified atom stereocenters. The second-order valence-electron chi connectivity index (χ2n) is 4.22. The lowest BCUT2D eigenvalue weighted by atomic mass is 10.1. The number of halogens is 1. The van der Waals surface area contributed by atoms with Crippen LogP contribution in [0.2, 0.25) is 0 Å². The zero-order chi connectivity index (χ0) is 13.3. The van der Waals surface area contributed by atoms with Gasteiger partial charge in [0.2, 0.25) is 0 Å². The van der Waals surface area contributed by atoms with Gasteiger partial charge in [0.05, 0.1) is 17.4 Å². The van der Waals surface area contributed by atoms with Gasteiger partial charge in [0.1, 0.15) is 0 Å². The molecule has 1 heterocycles. The van der Waals surface area contributed by atoms with Crippen LogP contribution >= 0.6 is 15.9 Å². The summed E-state index contributed by atoms with van der Waals surface area (Å²) < 4.78 is 2.48. The molecule has 0 spiro atoms. The van der Waals surface area contributed by atoms with Crippen LogP contribution < -0.4 is 4.90 Å². The molecule has 0 saturated carbocycles. The Morgan fingerprint density at radius 2 is 2.17 bits per heavy atom. The Hall–Kier alpha value is -1.62. The number of carbonyl (C=O) groups excluding carboxylic acids is 1. The van der Waals surface area contributed by atoms with Crippen LogP contribution in [-0.4, -0.2) is 22.7 Å². The maximum absolute atomic E-state index is 12.3. The van der Waals surface area contributed by atoms with Gasteiger partial charge in [0, 0.05) is 24.8 Å². The molecule has 94 valence electrons. The van der Waals surface area contributed by atoms with Crippen molar-refractivity contribution < 1.29 is 4.79 Å². The van der Waals surface area contributed by atoms with Crippen LogP contribution in [-0.2, 0) is 7.05 Å². The maximum atomic E-state index is 12.3. The first-order valence-electron chi connectivity index (χ1n) is 5.52. The fourth-order valence-electron chi connectivity index (χ4n) is 1.67. The Morgan fingerprint density at radius 3 is 2.72 bits per heavy atom. The van der Waals surface area contributed by atoms with Crippen molar-refractivity contribution in [3.8, 4) is 0 Å². The van der Waals surface area contributed by atoms with E-state index >= 15 is 0 Å². The summed E-state index contributed by atoms with van der Waals surface area (Å²) in [5.74, 6) is -0.0603. The quantitative estimate of drug-likeness (QED) is 0.855. The molecule has 0 aliphatic rings.